The van der Waals surface area contributed by atoms with Gasteiger partial charge < -0.3 is 10.4 Å². The summed E-state index contributed by atoms with van der Waals surface area (Å²) in [5, 5.41) is 13.4. The van der Waals surface area contributed by atoms with E-state index in [0.29, 0.717) is 12.5 Å². The second-order valence-corrected chi connectivity index (χ2v) is 7.06. The van der Waals surface area contributed by atoms with E-state index in [0.717, 1.165) is 18.5 Å². The molecule has 3 heteroatoms. The average Bonchev–Trinajstić information content (AvgIpc) is 2.98. The average molecular weight is 266 g/mol. The monoisotopic (exact) mass is 266 g/mol. The van der Waals surface area contributed by atoms with Gasteiger partial charge in [0.2, 0.25) is 0 Å². The highest BCUT2D eigenvalue weighted by Gasteiger charge is 2.46. The summed E-state index contributed by atoms with van der Waals surface area (Å²) in [5.41, 5.74) is -0.0266. The molecule has 0 radical (unpaired) electrons. The van der Waals surface area contributed by atoms with Crippen molar-refractivity contribution in [3.63, 3.8) is 0 Å². The fourth-order valence-electron chi connectivity index (χ4n) is 4.59. The summed E-state index contributed by atoms with van der Waals surface area (Å²) >= 11 is 0. The predicted molar refractivity (Wildman–Crippen MR) is 78.2 cm³/mol. The van der Waals surface area contributed by atoms with Crippen LogP contribution in [0.25, 0.3) is 0 Å². The van der Waals surface area contributed by atoms with Crippen LogP contribution in [-0.2, 0) is 0 Å². The summed E-state index contributed by atoms with van der Waals surface area (Å²) in [6, 6.07) is 0.806. The lowest BCUT2D eigenvalue weighted by Crippen LogP contribution is -2.58. The minimum absolute atomic E-state index is 0.0266. The van der Waals surface area contributed by atoms with Gasteiger partial charge in [0.25, 0.3) is 0 Å². The Hall–Kier alpha value is -0.120. The Balaban J connectivity index is 1.66. The van der Waals surface area contributed by atoms with Crippen LogP contribution in [0.15, 0.2) is 0 Å². The van der Waals surface area contributed by atoms with Gasteiger partial charge in [-0.3, -0.25) is 4.90 Å². The molecule has 1 aliphatic heterocycles. The Labute approximate surface area is 117 Å². The van der Waals surface area contributed by atoms with Crippen LogP contribution in [0.4, 0.5) is 0 Å². The molecule has 2 saturated carbocycles. The number of likely N-dealkylation sites (tertiary alicyclic amines) is 1. The zero-order chi connectivity index (χ0) is 13.3. The van der Waals surface area contributed by atoms with E-state index >= 15 is 0 Å². The molecule has 1 heterocycles. The quantitative estimate of drug-likeness (QED) is 0.772. The molecule has 2 N–H and O–H groups in total. The molecule has 0 spiro atoms. The number of hydrogen-bond donors (Lipinski definition) is 2. The van der Waals surface area contributed by atoms with Crippen LogP contribution in [-0.4, -0.2) is 48.3 Å². The first-order chi connectivity index (χ1) is 9.29. The maximum atomic E-state index is 9.91. The Kier molecular flexibility index (Phi) is 4.16. The van der Waals surface area contributed by atoms with Gasteiger partial charge in [0.1, 0.15) is 0 Å². The van der Waals surface area contributed by atoms with Gasteiger partial charge in [-0.2, -0.15) is 0 Å². The fraction of sp³-hybridized carbons (Fsp3) is 1.00. The van der Waals surface area contributed by atoms with Gasteiger partial charge in [0.05, 0.1) is 12.1 Å². The number of nitrogens with one attached hydrogen (secondary N) is 1. The standard InChI is InChI=1S/C16H30N2O/c1-17-16(12-19,14-8-9-14)11-18-10-4-7-15(18)13-5-2-3-6-13/h13-15,17,19H,2-12H2,1H3. The molecule has 0 aromatic rings. The first-order valence-electron chi connectivity index (χ1n) is 8.33. The van der Waals surface area contributed by atoms with E-state index < -0.39 is 0 Å². The van der Waals surface area contributed by atoms with Gasteiger partial charge in [0.15, 0.2) is 0 Å². The van der Waals surface area contributed by atoms with Crippen LogP contribution in [0.2, 0.25) is 0 Å². The van der Waals surface area contributed by atoms with E-state index in [1.165, 1.54) is 57.9 Å². The van der Waals surface area contributed by atoms with Crippen molar-refractivity contribution in [2.75, 3.05) is 26.7 Å². The molecular weight excluding hydrogens is 236 g/mol. The second-order valence-electron chi connectivity index (χ2n) is 7.06. The van der Waals surface area contributed by atoms with Crippen LogP contribution < -0.4 is 5.32 Å². The smallest absolute Gasteiger partial charge is 0.0628 e. The third-order valence-corrected chi connectivity index (χ3v) is 5.98. The molecule has 0 aromatic carbocycles. The summed E-state index contributed by atoms with van der Waals surface area (Å²) in [6.07, 6.45) is 11.1. The van der Waals surface area contributed by atoms with Crippen molar-refractivity contribution in [2.24, 2.45) is 11.8 Å². The van der Waals surface area contributed by atoms with Gasteiger partial charge in [-0.25, -0.2) is 0 Å². The summed E-state index contributed by atoms with van der Waals surface area (Å²) < 4.78 is 0. The first kappa shape index (κ1) is 13.8. The van der Waals surface area contributed by atoms with Crippen LogP contribution in [0.3, 0.4) is 0 Å². The zero-order valence-electron chi connectivity index (χ0n) is 12.4. The first-order valence-corrected chi connectivity index (χ1v) is 8.33. The van der Waals surface area contributed by atoms with Crippen molar-refractivity contribution >= 4 is 0 Å². The van der Waals surface area contributed by atoms with Crippen molar-refractivity contribution in [1.29, 1.82) is 0 Å². The normalized spacial score (nSPS) is 32.8. The van der Waals surface area contributed by atoms with E-state index in [1.54, 1.807) is 0 Å². The highest BCUT2D eigenvalue weighted by molar-refractivity contribution is 5.04. The van der Waals surface area contributed by atoms with Gasteiger partial charge in [-0.05, 0) is 64.0 Å². The lowest BCUT2D eigenvalue weighted by molar-refractivity contribution is 0.0775. The second kappa shape index (κ2) is 5.71. The van der Waals surface area contributed by atoms with Gasteiger partial charge in [-0.15, -0.1) is 0 Å². The van der Waals surface area contributed by atoms with Crippen LogP contribution in [0, 0.1) is 11.8 Å². The molecule has 3 rings (SSSR count). The number of hydrogen-bond acceptors (Lipinski definition) is 3. The molecule has 3 fully saturated rings. The number of aliphatic hydroxyl groups excluding tert-OH is 1. The lowest BCUT2D eigenvalue weighted by Gasteiger charge is -2.39. The highest BCUT2D eigenvalue weighted by Crippen LogP contribution is 2.42. The maximum absolute atomic E-state index is 9.91. The fourth-order valence-corrected chi connectivity index (χ4v) is 4.59. The molecule has 3 aliphatic rings. The van der Waals surface area contributed by atoms with Crippen LogP contribution in [0.1, 0.15) is 51.4 Å². The molecule has 1 saturated heterocycles. The topological polar surface area (TPSA) is 35.5 Å². The Morgan fingerprint density at radius 3 is 2.42 bits per heavy atom. The number of rotatable bonds is 6. The molecule has 3 nitrogen and oxygen atoms in total. The molecule has 2 aliphatic carbocycles. The van der Waals surface area contributed by atoms with E-state index in [-0.39, 0.29) is 5.54 Å². The molecule has 19 heavy (non-hydrogen) atoms. The van der Waals surface area contributed by atoms with Crippen molar-refractivity contribution < 1.29 is 5.11 Å². The van der Waals surface area contributed by atoms with Crippen LogP contribution >= 0.6 is 0 Å². The van der Waals surface area contributed by atoms with Gasteiger partial charge in [-0.1, -0.05) is 12.8 Å². The molecule has 0 aromatic heterocycles. The third-order valence-electron chi connectivity index (χ3n) is 5.98. The van der Waals surface area contributed by atoms with E-state index in [4.69, 9.17) is 0 Å². The molecular formula is C16H30N2O. The van der Waals surface area contributed by atoms with Crippen molar-refractivity contribution in [2.45, 2.75) is 62.9 Å². The Bertz CT molecular complexity index is 293. The molecule has 2 atom stereocenters. The van der Waals surface area contributed by atoms with Crippen molar-refractivity contribution in [1.82, 2.24) is 10.2 Å². The highest BCUT2D eigenvalue weighted by atomic mass is 16.3. The summed E-state index contributed by atoms with van der Waals surface area (Å²) in [7, 11) is 2.04. The number of aliphatic hydroxyl groups is 1. The summed E-state index contributed by atoms with van der Waals surface area (Å²) in [6.45, 7) is 2.60. The van der Waals surface area contributed by atoms with Gasteiger partial charge >= 0.3 is 0 Å². The van der Waals surface area contributed by atoms with Gasteiger partial charge in [0, 0.05) is 12.6 Å². The summed E-state index contributed by atoms with van der Waals surface area (Å²) in [5.74, 6) is 1.64. The number of nitrogens with zero attached hydrogens (tertiary/aromatic N) is 1. The molecule has 110 valence electrons. The van der Waals surface area contributed by atoms with E-state index in [2.05, 4.69) is 10.2 Å². The largest absolute Gasteiger partial charge is 0.394 e. The van der Waals surface area contributed by atoms with Crippen LogP contribution in [0.5, 0.6) is 0 Å². The molecule has 2 unspecified atom stereocenters. The van der Waals surface area contributed by atoms with E-state index in [1.807, 2.05) is 7.05 Å². The molecule has 0 amide bonds. The minimum Gasteiger partial charge on any atom is -0.394 e. The van der Waals surface area contributed by atoms with Crippen molar-refractivity contribution in [3.05, 3.63) is 0 Å². The lowest BCUT2D eigenvalue weighted by atomic mass is 9.91. The third kappa shape index (κ3) is 2.70. The Morgan fingerprint density at radius 2 is 1.84 bits per heavy atom. The van der Waals surface area contributed by atoms with E-state index in [9.17, 15) is 5.11 Å². The zero-order valence-corrected chi connectivity index (χ0v) is 12.4. The number of likely N-dealkylation sites (N-methyl/N-ethyl adjacent to an activating group) is 1. The Morgan fingerprint density at radius 1 is 1.11 bits per heavy atom. The van der Waals surface area contributed by atoms with Crippen molar-refractivity contribution in [3.8, 4) is 0 Å². The maximum Gasteiger partial charge on any atom is 0.0628 e. The predicted octanol–water partition coefficient (Wildman–Crippen LogP) is 2.00. The molecule has 0 bridgehead atoms. The SMILES string of the molecule is CNC(CO)(CN1CCCC1C1CCCC1)C1CC1. The summed E-state index contributed by atoms with van der Waals surface area (Å²) in [4.78, 5) is 2.71. The minimum atomic E-state index is -0.0266.